The summed E-state index contributed by atoms with van der Waals surface area (Å²) in [6.07, 6.45) is 1.18. The fraction of sp³-hybridized carbons (Fsp3) is 0.467. The molecule has 2 rings (SSSR count). The summed E-state index contributed by atoms with van der Waals surface area (Å²) in [6, 6.07) is 4.81. The van der Waals surface area contributed by atoms with Crippen LogP contribution in [-0.4, -0.2) is 38.6 Å². The Bertz CT molecular complexity index is 575. The van der Waals surface area contributed by atoms with Crippen molar-refractivity contribution in [3.05, 3.63) is 28.8 Å². The summed E-state index contributed by atoms with van der Waals surface area (Å²) in [5.74, 6) is -0.454. The number of nitrogens with one attached hydrogen (secondary N) is 2. The molecule has 0 spiro atoms. The fourth-order valence-corrected chi connectivity index (χ4v) is 2.66. The number of anilines is 1. The molecule has 8 heteroatoms. The number of carbonyl (C=O) groups is 2. The Morgan fingerprint density at radius 1 is 1.35 bits per heavy atom. The van der Waals surface area contributed by atoms with Gasteiger partial charge >= 0.3 is 0 Å². The molecule has 128 valence electrons. The number of hydrogen-bond donors (Lipinski definition) is 3. The third-order valence-electron chi connectivity index (χ3n) is 4.02. The van der Waals surface area contributed by atoms with E-state index in [1.165, 1.54) is 7.05 Å². The molecule has 1 saturated heterocycles. The van der Waals surface area contributed by atoms with E-state index in [1.54, 1.807) is 18.2 Å². The second kappa shape index (κ2) is 8.49. The number of hydrogen-bond acceptors (Lipinski definition) is 4. The SMILES string of the molecule is CNC(=O)c1cc(NC(=O)C2(CN)CCOCC2)ccc1Cl.Cl. The maximum atomic E-state index is 12.6. The zero-order valence-electron chi connectivity index (χ0n) is 12.9. The first-order valence-electron chi connectivity index (χ1n) is 7.13. The predicted molar refractivity (Wildman–Crippen MR) is 92.3 cm³/mol. The third kappa shape index (κ3) is 4.35. The Labute approximate surface area is 146 Å². The smallest absolute Gasteiger partial charge is 0.252 e. The van der Waals surface area contributed by atoms with Crippen LogP contribution < -0.4 is 16.4 Å². The van der Waals surface area contributed by atoms with Crippen molar-refractivity contribution in [1.82, 2.24) is 5.32 Å². The van der Waals surface area contributed by atoms with Crippen LogP contribution in [0.2, 0.25) is 5.02 Å². The van der Waals surface area contributed by atoms with Crippen LogP contribution in [-0.2, 0) is 9.53 Å². The molecule has 2 amide bonds. The summed E-state index contributed by atoms with van der Waals surface area (Å²) in [7, 11) is 1.52. The molecule has 4 N–H and O–H groups in total. The van der Waals surface area contributed by atoms with Crippen LogP contribution in [0, 0.1) is 5.41 Å². The van der Waals surface area contributed by atoms with Gasteiger partial charge in [0.25, 0.3) is 5.91 Å². The lowest BCUT2D eigenvalue weighted by atomic mass is 9.79. The monoisotopic (exact) mass is 361 g/mol. The van der Waals surface area contributed by atoms with Gasteiger partial charge in [0.1, 0.15) is 0 Å². The van der Waals surface area contributed by atoms with Crippen LogP contribution in [0.15, 0.2) is 18.2 Å². The Hall–Kier alpha value is -1.34. The zero-order valence-corrected chi connectivity index (χ0v) is 14.4. The first-order valence-corrected chi connectivity index (χ1v) is 7.51. The topological polar surface area (TPSA) is 93.5 Å². The summed E-state index contributed by atoms with van der Waals surface area (Å²) >= 11 is 6.00. The van der Waals surface area contributed by atoms with Gasteiger partial charge in [0.15, 0.2) is 0 Å². The van der Waals surface area contributed by atoms with E-state index in [0.29, 0.717) is 42.3 Å². The normalized spacial score (nSPS) is 16.1. The first kappa shape index (κ1) is 19.7. The van der Waals surface area contributed by atoms with Crippen LogP contribution in [0.25, 0.3) is 0 Å². The van der Waals surface area contributed by atoms with Gasteiger partial charge in [0.2, 0.25) is 5.91 Å². The number of benzene rings is 1. The molecule has 1 heterocycles. The molecule has 0 aromatic heterocycles. The quantitative estimate of drug-likeness (QED) is 0.762. The Balaban J connectivity index is 0.00000264. The maximum absolute atomic E-state index is 12.6. The van der Waals surface area contributed by atoms with E-state index in [9.17, 15) is 9.59 Å². The van der Waals surface area contributed by atoms with Gasteiger partial charge in [-0.15, -0.1) is 12.4 Å². The first-order chi connectivity index (χ1) is 10.5. The van der Waals surface area contributed by atoms with Gasteiger partial charge < -0.3 is 21.1 Å². The van der Waals surface area contributed by atoms with E-state index in [1.807, 2.05) is 0 Å². The highest BCUT2D eigenvalue weighted by atomic mass is 35.5. The van der Waals surface area contributed by atoms with Gasteiger partial charge in [-0.2, -0.15) is 0 Å². The summed E-state index contributed by atoms with van der Waals surface area (Å²) in [5.41, 5.74) is 6.03. The molecule has 1 aromatic carbocycles. The molecule has 0 bridgehead atoms. The molecule has 0 saturated carbocycles. The lowest BCUT2D eigenvalue weighted by Crippen LogP contribution is -2.46. The Morgan fingerprint density at radius 3 is 2.57 bits per heavy atom. The van der Waals surface area contributed by atoms with Gasteiger partial charge in [-0.05, 0) is 31.0 Å². The van der Waals surface area contributed by atoms with E-state index in [2.05, 4.69) is 10.6 Å². The molecule has 1 aliphatic rings. The highest BCUT2D eigenvalue weighted by Gasteiger charge is 2.38. The molecule has 0 radical (unpaired) electrons. The van der Waals surface area contributed by atoms with Gasteiger partial charge in [0.05, 0.1) is 16.0 Å². The fourth-order valence-electron chi connectivity index (χ4n) is 2.46. The van der Waals surface area contributed by atoms with Gasteiger partial charge in [-0.25, -0.2) is 0 Å². The zero-order chi connectivity index (χ0) is 16.2. The van der Waals surface area contributed by atoms with Crippen LogP contribution in [0.1, 0.15) is 23.2 Å². The summed E-state index contributed by atoms with van der Waals surface area (Å²) in [4.78, 5) is 24.3. The lowest BCUT2D eigenvalue weighted by molar-refractivity contribution is -0.130. The minimum Gasteiger partial charge on any atom is -0.381 e. The molecule has 0 atom stereocenters. The maximum Gasteiger partial charge on any atom is 0.252 e. The summed E-state index contributed by atoms with van der Waals surface area (Å²) < 4.78 is 5.30. The van der Waals surface area contributed by atoms with Crippen molar-refractivity contribution in [2.75, 3.05) is 32.1 Å². The molecule has 6 nitrogen and oxygen atoms in total. The number of nitrogens with two attached hydrogens (primary N) is 1. The third-order valence-corrected chi connectivity index (χ3v) is 4.35. The van der Waals surface area contributed by atoms with E-state index < -0.39 is 5.41 Å². The molecular weight excluding hydrogens is 341 g/mol. The largest absolute Gasteiger partial charge is 0.381 e. The van der Waals surface area contributed by atoms with Crippen molar-refractivity contribution in [1.29, 1.82) is 0 Å². The van der Waals surface area contributed by atoms with E-state index >= 15 is 0 Å². The number of carbonyl (C=O) groups excluding carboxylic acids is 2. The Morgan fingerprint density at radius 2 is 2.00 bits per heavy atom. The molecule has 0 unspecified atom stereocenters. The average molecular weight is 362 g/mol. The predicted octanol–water partition coefficient (Wildman–Crippen LogP) is 1.82. The average Bonchev–Trinajstić information content (AvgIpc) is 2.56. The number of amides is 2. The van der Waals surface area contributed by atoms with Crippen molar-refractivity contribution in [3.8, 4) is 0 Å². The number of rotatable bonds is 4. The van der Waals surface area contributed by atoms with Crippen molar-refractivity contribution in [2.24, 2.45) is 11.1 Å². The lowest BCUT2D eigenvalue weighted by Gasteiger charge is -2.34. The van der Waals surface area contributed by atoms with E-state index in [0.717, 1.165) is 0 Å². The number of ether oxygens (including phenoxy) is 1. The highest BCUT2D eigenvalue weighted by Crippen LogP contribution is 2.31. The molecule has 1 aliphatic heterocycles. The molecule has 23 heavy (non-hydrogen) atoms. The van der Waals surface area contributed by atoms with Crippen LogP contribution in [0.3, 0.4) is 0 Å². The van der Waals surface area contributed by atoms with Crippen LogP contribution in [0.5, 0.6) is 0 Å². The number of halogens is 2. The van der Waals surface area contributed by atoms with Crippen molar-refractivity contribution in [2.45, 2.75) is 12.8 Å². The van der Waals surface area contributed by atoms with E-state index in [4.69, 9.17) is 22.1 Å². The summed E-state index contributed by atoms with van der Waals surface area (Å²) in [5, 5.41) is 5.68. The minimum atomic E-state index is -0.620. The van der Waals surface area contributed by atoms with Crippen molar-refractivity contribution in [3.63, 3.8) is 0 Å². The summed E-state index contributed by atoms with van der Waals surface area (Å²) in [6.45, 7) is 1.31. The minimum absolute atomic E-state index is 0. The molecule has 1 aromatic rings. The van der Waals surface area contributed by atoms with Crippen molar-refractivity contribution >= 4 is 41.5 Å². The van der Waals surface area contributed by atoms with Crippen LogP contribution in [0.4, 0.5) is 5.69 Å². The second-order valence-electron chi connectivity index (χ2n) is 5.32. The van der Waals surface area contributed by atoms with Gasteiger partial charge in [-0.3, -0.25) is 9.59 Å². The van der Waals surface area contributed by atoms with Gasteiger partial charge in [0, 0.05) is 32.5 Å². The van der Waals surface area contributed by atoms with Gasteiger partial charge in [-0.1, -0.05) is 11.6 Å². The van der Waals surface area contributed by atoms with E-state index in [-0.39, 0.29) is 30.8 Å². The van der Waals surface area contributed by atoms with Crippen LogP contribution >= 0.6 is 24.0 Å². The molecule has 1 fully saturated rings. The molecule has 0 aliphatic carbocycles. The standard InChI is InChI=1S/C15H20ClN3O3.ClH/c1-18-13(20)11-8-10(2-3-12(11)16)19-14(21)15(9-17)4-6-22-7-5-15;/h2-3,8H,4-7,9,17H2,1H3,(H,18,20)(H,19,21);1H. The highest BCUT2D eigenvalue weighted by molar-refractivity contribution is 6.34. The van der Waals surface area contributed by atoms with Crippen molar-refractivity contribution < 1.29 is 14.3 Å². The second-order valence-corrected chi connectivity index (χ2v) is 5.73. The molecular formula is C15H21Cl2N3O3. The Kier molecular flexibility index (Phi) is 7.28.